The first kappa shape index (κ1) is 39.7. The number of nitrogens with zero attached hydrogens (tertiary/aromatic N) is 1. The molecule has 4 nitrogen and oxygen atoms in total. The lowest BCUT2D eigenvalue weighted by molar-refractivity contribution is -0.182. The fourth-order valence-electron chi connectivity index (χ4n) is 3.91. The lowest BCUT2D eigenvalue weighted by Crippen LogP contribution is -2.35. The van der Waals surface area contributed by atoms with Crippen molar-refractivity contribution in [3.63, 3.8) is 0 Å². The molecule has 3 rings (SSSR count). The van der Waals surface area contributed by atoms with Gasteiger partial charge in [0.1, 0.15) is 0 Å². The van der Waals surface area contributed by atoms with Crippen LogP contribution in [0.25, 0.3) is 0 Å². The first-order valence-electron chi connectivity index (χ1n) is 14.6. The molecule has 33 heavy (non-hydrogen) atoms. The molecule has 0 aromatic heterocycles. The summed E-state index contributed by atoms with van der Waals surface area (Å²) in [5.74, 6) is 1.82. The molecule has 3 aliphatic rings. The van der Waals surface area contributed by atoms with Crippen LogP contribution in [0.15, 0.2) is 5.18 Å². The summed E-state index contributed by atoms with van der Waals surface area (Å²) in [5, 5.41) is 2.64. The monoisotopic (exact) mass is 475 g/mol. The van der Waals surface area contributed by atoms with Crippen LogP contribution in [0.5, 0.6) is 0 Å². The molecule has 2 saturated carbocycles. The predicted octanol–water partition coefficient (Wildman–Crippen LogP) is 10.6. The highest BCUT2D eigenvalue weighted by atomic mass is 16.7. The second-order valence-electron chi connectivity index (χ2n) is 8.28. The minimum Gasteiger partial charge on any atom is -0.348 e. The molecule has 4 heteroatoms. The van der Waals surface area contributed by atoms with Crippen LogP contribution in [0.2, 0.25) is 0 Å². The molecule has 2 aliphatic carbocycles. The second kappa shape index (κ2) is 31.5. The first-order chi connectivity index (χ1) is 16.0. The van der Waals surface area contributed by atoms with Crippen molar-refractivity contribution in [2.24, 2.45) is 17.0 Å². The lowest BCUT2D eigenvalue weighted by Gasteiger charge is -2.35. The largest absolute Gasteiger partial charge is 0.348 e. The van der Waals surface area contributed by atoms with Crippen molar-refractivity contribution < 1.29 is 9.47 Å². The van der Waals surface area contributed by atoms with Gasteiger partial charge in [-0.1, -0.05) is 119 Å². The number of nitroso groups, excluding NO2 is 1. The highest BCUT2D eigenvalue weighted by molar-refractivity contribution is 4.82. The zero-order valence-corrected chi connectivity index (χ0v) is 25.1. The van der Waals surface area contributed by atoms with Gasteiger partial charge in [-0.05, 0) is 38.5 Å². The van der Waals surface area contributed by atoms with E-state index in [9.17, 15) is 4.91 Å². The van der Waals surface area contributed by atoms with Crippen molar-refractivity contribution in [1.29, 1.82) is 0 Å². The maximum atomic E-state index is 9.25. The minimum atomic E-state index is -0.149. The van der Waals surface area contributed by atoms with E-state index in [0.29, 0.717) is 0 Å². The van der Waals surface area contributed by atoms with Crippen molar-refractivity contribution in [1.82, 2.24) is 0 Å². The Morgan fingerprint density at radius 1 is 0.788 bits per heavy atom. The number of hydrogen-bond donors (Lipinski definition) is 0. The Bertz CT molecular complexity index is 326. The Balaban J connectivity index is -0.000000180. The normalized spacial score (nSPS) is 18.6. The summed E-state index contributed by atoms with van der Waals surface area (Å²) in [4.78, 5) is 9.25. The van der Waals surface area contributed by atoms with E-state index in [-0.39, 0.29) is 11.8 Å². The second-order valence-corrected chi connectivity index (χ2v) is 8.28. The topological polar surface area (TPSA) is 47.9 Å². The van der Waals surface area contributed by atoms with E-state index in [0.717, 1.165) is 37.9 Å². The Hall–Kier alpha value is -0.480. The van der Waals surface area contributed by atoms with Crippen LogP contribution in [0.1, 0.15) is 154 Å². The van der Waals surface area contributed by atoms with Crippen LogP contribution in [0, 0.1) is 16.7 Å². The average Bonchev–Trinajstić information content (AvgIpc) is 3.35. The van der Waals surface area contributed by atoms with Gasteiger partial charge >= 0.3 is 0 Å². The molecular weight excluding hydrogens is 410 g/mol. The molecule has 1 heterocycles. The maximum absolute atomic E-state index is 9.25. The molecule has 204 valence electrons. The first-order valence-corrected chi connectivity index (χ1v) is 14.6. The third-order valence-electron chi connectivity index (χ3n) is 5.48. The third kappa shape index (κ3) is 24.4. The van der Waals surface area contributed by atoms with Gasteiger partial charge in [-0.15, -0.1) is 0 Å². The third-order valence-corrected chi connectivity index (χ3v) is 5.48. The molecule has 0 aromatic carbocycles. The Kier molecular flexibility index (Phi) is 37.9. The summed E-state index contributed by atoms with van der Waals surface area (Å²) in [5.41, 5.74) is 0. The molecule has 0 bridgehead atoms. The van der Waals surface area contributed by atoms with Gasteiger partial charge in [0.2, 0.25) is 0 Å². The van der Waals surface area contributed by atoms with Gasteiger partial charge in [0.25, 0.3) is 0 Å². The molecule has 0 atom stereocenters. The van der Waals surface area contributed by atoms with Gasteiger partial charge in [0.05, 0.1) is 19.3 Å². The van der Waals surface area contributed by atoms with Crippen LogP contribution >= 0.6 is 0 Å². The molecule has 1 spiro atoms. The zero-order chi connectivity index (χ0) is 26.5. The standard InChI is InChI=1S/C11H20O2.C7H14.C3H7NO.4C2H6/c1-2-3-10-4-6-11(7-5-10)12-8-9-13-11;1-7-5-3-2-4-6-7;1-3(2)4-5;4*1-2/h10H,2-9H2,1H3;7H,2-6H2,1H3;3H,1-2H3;4*1-2H3. The quantitative estimate of drug-likeness (QED) is 0.381. The van der Waals surface area contributed by atoms with Gasteiger partial charge in [0.15, 0.2) is 5.79 Å². The van der Waals surface area contributed by atoms with Gasteiger partial charge in [0, 0.05) is 12.8 Å². The van der Waals surface area contributed by atoms with Crippen molar-refractivity contribution in [2.75, 3.05) is 13.2 Å². The zero-order valence-electron chi connectivity index (χ0n) is 25.1. The number of hydrogen-bond acceptors (Lipinski definition) is 4. The number of ether oxygens (including phenoxy) is 2. The van der Waals surface area contributed by atoms with E-state index < -0.39 is 0 Å². The van der Waals surface area contributed by atoms with E-state index in [1.54, 1.807) is 13.8 Å². The predicted molar refractivity (Wildman–Crippen MR) is 150 cm³/mol. The lowest BCUT2D eigenvalue weighted by atomic mass is 9.83. The molecule has 3 fully saturated rings. The van der Waals surface area contributed by atoms with E-state index in [1.165, 1.54) is 57.8 Å². The summed E-state index contributed by atoms with van der Waals surface area (Å²) in [7, 11) is 0. The van der Waals surface area contributed by atoms with Gasteiger partial charge in [-0.25, -0.2) is 0 Å². The van der Waals surface area contributed by atoms with Crippen LogP contribution in [-0.2, 0) is 9.47 Å². The van der Waals surface area contributed by atoms with Crippen molar-refractivity contribution >= 4 is 0 Å². The van der Waals surface area contributed by atoms with Crippen molar-refractivity contribution in [2.45, 2.75) is 166 Å². The highest BCUT2D eigenvalue weighted by Crippen LogP contribution is 2.39. The van der Waals surface area contributed by atoms with Crippen molar-refractivity contribution in [3.8, 4) is 0 Å². The smallest absolute Gasteiger partial charge is 0.168 e. The Labute approximate surface area is 210 Å². The number of rotatable bonds is 3. The molecular formula is C29H65NO3. The van der Waals surface area contributed by atoms with E-state index in [4.69, 9.17) is 9.47 Å². The van der Waals surface area contributed by atoms with Gasteiger partial charge in [-0.2, -0.15) is 4.91 Å². The van der Waals surface area contributed by atoms with Crippen LogP contribution < -0.4 is 0 Å². The fourth-order valence-corrected chi connectivity index (χ4v) is 3.91. The minimum absolute atomic E-state index is 0.0463. The molecule has 0 N–H and O–H groups in total. The summed E-state index contributed by atoms with van der Waals surface area (Å²) >= 11 is 0. The van der Waals surface area contributed by atoms with E-state index >= 15 is 0 Å². The summed E-state index contributed by atoms with van der Waals surface area (Å²) in [6, 6.07) is -0.0463. The molecule has 1 aliphatic heterocycles. The molecule has 0 unspecified atom stereocenters. The fraction of sp³-hybridized carbons (Fsp3) is 1.00. The summed E-state index contributed by atoms with van der Waals surface area (Å²) in [6.45, 7) is 25.7. The van der Waals surface area contributed by atoms with E-state index in [2.05, 4.69) is 19.0 Å². The summed E-state index contributed by atoms with van der Waals surface area (Å²) in [6.07, 6.45) is 15.0. The Morgan fingerprint density at radius 3 is 1.45 bits per heavy atom. The Morgan fingerprint density at radius 2 is 1.18 bits per heavy atom. The average molecular weight is 476 g/mol. The maximum Gasteiger partial charge on any atom is 0.168 e. The molecule has 1 saturated heterocycles. The van der Waals surface area contributed by atoms with Crippen LogP contribution in [-0.4, -0.2) is 25.0 Å². The SMILES string of the molecule is CC.CC.CC.CC.CC(C)N=O.CC1CCCCC1.CCCC1CCC2(CC1)OCCO2. The van der Waals surface area contributed by atoms with Crippen molar-refractivity contribution in [3.05, 3.63) is 4.91 Å². The van der Waals surface area contributed by atoms with Crippen LogP contribution in [0.4, 0.5) is 0 Å². The molecule has 0 amide bonds. The van der Waals surface area contributed by atoms with Crippen LogP contribution in [0.3, 0.4) is 0 Å². The van der Waals surface area contributed by atoms with Gasteiger partial charge < -0.3 is 9.47 Å². The highest BCUT2D eigenvalue weighted by Gasteiger charge is 2.39. The summed E-state index contributed by atoms with van der Waals surface area (Å²) < 4.78 is 11.4. The molecule has 0 radical (unpaired) electrons. The molecule has 0 aromatic rings. The van der Waals surface area contributed by atoms with Gasteiger partial charge in [-0.3, -0.25) is 0 Å². The van der Waals surface area contributed by atoms with E-state index in [1.807, 2.05) is 55.4 Å².